The maximum absolute atomic E-state index is 13.4. The van der Waals surface area contributed by atoms with E-state index in [9.17, 15) is 13.6 Å². The van der Waals surface area contributed by atoms with Crippen molar-refractivity contribution in [2.24, 2.45) is 0 Å². The van der Waals surface area contributed by atoms with Crippen LogP contribution in [0, 0.1) is 0 Å². The molecule has 0 spiro atoms. The highest BCUT2D eigenvalue weighted by molar-refractivity contribution is 5.88. The Morgan fingerprint density at radius 2 is 1.94 bits per heavy atom. The Kier molecular flexibility index (Phi) is 2.30. The maximum Gasteiger partial charge on any atom is 0.379 e. The van der Waals surface area contributed by atoms with Crippen molar-refractivity contribution < 1.29 is 18.7 Å². The molecule has 1 aromatic carbocycles. The highest BCUT2D eigenvalue weighted by atomic mass is 19.3. The van der Waals surface area contributed by atoms with E-state index in [0.717, 1.165) is 6.07 Å². The number of alkyl halides is 2. The number of carboxylic acids is 1. The van der Waals surface area contributed by atoms with E-state index in [4.69, 9.17) is 5.11 Å². The average Bonchev–Trinajstić information content (AvgIpc) is 2.28. The zero-order valence-corrected chi connectivity index (χ0v) is 8.02. The molecular weight excluding hydrogens is 216 g/mol. The fraction of sp³-hybridized carbons (Fsp3) is 0.0909. The van der Waals surface area contributed by atoms with Gasteiger partial charge in [-0.15, -0.1) is 0 Å². The molecule has 0 saturated heterocycles. The van der Waals surface area contributed by atoms with Crippen LogP contribution in [0.25, 0.3) is 10.9 Å². The number of para-hydroxylation sites is 1. The number of halogens is 2. The summed E-state index contributed by atoms with van der Waals surface area (Å²) in [5.74, 6) is -6.06. The van der Waals surface area contributed by atoms with E-state index in [1.807, 2.05) is 0 Å². The van der Waals surface area contributed by atoms with Crippen molar-refractivity contribution in [2.45, 2.75) is 5.92 Å². The lowest BCUT2D eigenvalue weighted by Crippen LogP contribution is -2.25. The van der Waals surface area contributed by atoms with Crippen molar-refractivity contribution >= 4 is 16.9 Å². The fourth-order valence-corrected chi connectivity index (χ4v) is 1.48. The summed E-state index contributed by atoms with van der Waals surface area (Å²) in [4.78, 5) is 14.4. The molecule has 82 valence electrons. The van der Waals surface area contributed by atoms with E-state index in [0.29, 0.717) is 5.52 Å². The highest BCUT2D eigenvalue weighted by Gasteiger charge is 2.42. The van der Waals surface area contributed by atoms with Crippen molar-refractivity contribution in [3.63, 3.8) is 0 Å². The number of carbonyl (C=O) groups is 1. The molecule has 0 saturated carbocycles. The Labute approximate surface area is 89.3 Å². The number of aromatic nitrogens is 1. The van der Waals surface area contributed by atoms with Crippen LogP contribution in [0.5, 0.6) is 0 Å². The van der Waals surface area contributed by atoms with E-state index in [-0.39, 0.29) is 5.39 Å². The van der Waals surface area contributed by atoms with Gasteiger partial charge >= 0.3 is 11.9 Å². The average molecular weight is 223 g/mol. The summed E-state index contributed by atoms with van der Waals surface area (Å²) >= 11 is 0. The molecule has 1 aromatic heterocycles. The predicted octanol–water partition coefficient (Wildman–Crippen LogP) is 2.41. The second-order valence-corrected chi connectivity index (χ2v) is 3.26. The molecule has 0 atom stereocenters. The number of rotatable bonds is 2. The highest BCUT2D eigenvalue weighted by Crippen LogP contribution is 2.32. The van der Waals surface area contributed by atoms with Gasteiger partial charge in [0.15, 0.2) is 0 Å². The third kappa shape index (κ3) is 1.50. The minimum atomic E-state index is -3.90. The lowest BCUT2D eigenvalue weighted by atomic mass is 10.0. The van der Waals surface area contributed by atoms with Gasteiger partial charge in [-0.2, -0.15) is 8.78 Å². The predicted molar refractivity (Wildman–Crippen MR) is 53.3 cm³/mol. The molecule has 1 N–H and O–H groups in total. The molecule has 0 fully saturated rings. The molecule has 0 aliphatic rings. The molecule has 1 heterocycles. The molecule has 0 bridgehead atoms. The summed E-state index contributed by atoms with van der Waals surface area (Å²) in [6, 6.07) is 7.21. The van der Waals surface area contributed by atoms with Gasteiger partial charge in [0.2, 0.25) is 0 Å². The van der Waals surface area contributed by atoms with E-state index < -0.39 is 17.5 Å². The van der Waals surface area contributed by atoms with Gasteiger partial charge in [0.05, 0.1) is 5.52 Å². The van der Waals surface area contributed by atoms with Crippen LogP contribution < -0.4 is 0 Å². The van der Waals surface area contributed by atoms with Crippen LogP contribution in [0.2, 0.25) is 0 Å². The quantitative estimate of drug-likeness (QED) is 0.850. The zero-order valence-electron chi connectivity index (χ0n) is 8.02. The van der Waals surface area contributed by atoms with Crippen LogP contribution in [-0.4, -0.2) is 16.1 Å². The van der Waals surface area contributed by atoms with Crippen molar-refractivity contribution in [1.29, 1.82) is 0 Å². The van der Waals surface area contributed by atoms with Crippen molar-refractivity contribution in [1.82, 2.24) is 4.98 Å². The lowest BCUT2D eigenvalue weighted by molar-refractivity contribution is -0.166. The van der Waals surface area contributed by atoms with E-state index >= 15 is 0 Å². The van der Waals surface area contributed by atoms with Crippen LogP contribution in [0.4, 0.5) is 8.78 Å². The minimum Gasteiger partial charge on any atom is -0.477 e. The molecule has 0 aliphatic heterocycles. The second kappa shape index (κ2) is 3.52. The molecule has 0 aliphatic carbocycles. The summed E-state index contributed by atoms with van der Waals surface area (Å²) in [5.41, 5.74) is -0.188. The molecule has 5 heteroatoms. The van der Waals surface area contributed by atoms with Crippen LogP contribution in [0.1, 0.15) is 5.56 Å². The van der Waals surface area contributed by atoms with Gasteiger partial charge in [-0.05, 0) is 12.1 Å². The molecular formula is C11H7F2NO2. The summed E-state index contributed by atoms with van der Waals surface area (Å²) in [5, 5.41) is 8.63. The Bertz CT molecular complexity index is 549. The summed E-state index contributed by atoms with van der Waals surface area (Å²) in [6.07, 6.45) is 1.18. The molecule has 0 radical (unpaired) electrons. The zero-order chi connectivity index (χ0) is 11.8. The van der Waals surface area contributed by atoms with E-state index in [1.165, 1.54) is 12.3 Å². The second-order valence-electron chi connectivity index (χ2n) is 3.26. The first-order valence-electron chi connectivity index (χ1n) is 4.49. The first-order chi connectivity index (χ1) is 7.53. The molecule has 2 aromatic rings. The van der Waals surface area contributed by atoms with Crippen LogP contribution in [0.3, 0.4) is 0 Å². The largest absolute Gasteiger partial charge is 0.477 e. The Morgan fingerprint density at radius 3 is 2.62 bits per heavy atom. The van der Waals surface area contributed by atoms with Gasteiger partial charge in [0, 0.05) is 17.1 Å². The first-order valence-corrected chi connectivity index (χ1v) is 4.49. The topological polar surface area (TPSA) is 50.2 Å². The standard InChI is InChI=1S/C11H7F2NO2/c12-11(13,10(15)16)8-5-6-14-9-4-2-1-3-7(8)9/h1-6H,(H,15,16). The molecule has 2 rings (SSSR count). The van der Waals surface area contributed by atoms with Crippen molar-refractivity contribution in [3.8, 4) is 0 Å². The number of hydrogen-bond acceptors (Lipinski definition) is 2. The van der Waals surface area contributed by atoms with Crippen LogP contribution >= 0.6 is 0 Å². The third-order valence-electron chi connectivity index (χ3n) is 2.26. The Balaban J connectivity index is 2.74. The number of nitrogens with zero attached hydrogens (tertiary/aromatic N) is 1. The fourth-order valence-electron chi connectivity index (χ4n) is 1.48. The lowest BCUT2D eigenvalue weighted by Gasteiger charge is -2.13. The number of benzene rings is 1. The minimum absolute atomic E-state index is 0.150. The van der Waals surface area contributed by atoms with Gasteiger partial charge in [-0.3, -0.25) is 4.98 Å². The smallest absolute Gasteiger partial charge is 0.379 e. The number of pyridine rings is 1. The first kappa shape index (κ1) is 10.5. The van der Waals surface area contributed by atoms with Crippen LogP contribution in [-0.2, 0) is 10.7 Å². The summed E-state index contributed by atoms with van der Waals surface area (Å²) in [6.45, 7) is 0. The summed E-state index contributed by atoms with van der Waals surface area (Å²) < 4.78 is 26.8. The number of aliphatic carboxylic acids is 1. The summed E-state index contributed by atoms with van der Waals surface area (Å²) in [7, 11) is 0. The van der Waals surface area contributed by atoms with Gasteiger partial charge in [-0.25, -0.2) is 4.79 Å². The monoisotopic (exact) mass is 223 g/mol. The van der Waals surface area contributed by atoms with Gasteiger partial charge in [0.1, 0.15) is 0 Å². The number of hydrogen-bond donors (Lipinski definition) is 1. The van der Waals surface area contributed by atoms with E-state index in [1.54, 1.807) is 18.2 Å². The normalized spacial score (nSPS) is 11.6. The number of fused-ring (bicyclic) bond motifs is 1. The molecule has 3 nitrogen and oxygen atoms in total. The van der Waals surface area contributed by atoms with Gasteiger partial charge in [-0.1, -0.05) is 18.2 Å². The number of carboxylic acid groups (broad SMARTS) is 1. The third-order valence-corrected chi connectivity index (χ3v) is 2.26. The Hall–Kier alpha value is -2.04. The van der Waals surface area contributed by atoms with Crippen molar-refractivity contribution in [3.05, 3.63) is 42.1 Å². The molecule has 16 heavy (non-hydrogen) atoms. The SMILES string of the molecule is O=C(O)C(F)(F)c1ccnc2ccccc12. The Morgan fingerprint density at radius 1 is 1.25 bits per heavy atom. The van der Waals surface area contributed by atoms with Gasteiger partial charge in [0.25, 0.3) is 0 Å². The van der Waals surface area contributed by atoms with E-state index in [2.05, 4.69) is 4.98 Å². The maximum atomic E-state index is 13.4. The van der Waals surface area contributed by atoms with Crippen LogP contribution in [0.15, 0.2) is 36.5 Å². The van der Waals surface area contributed by atoms with Gasteiger partial charge < -0.3 is 5.11 Å². The molecule has 0 unspecified atom stereocenters. The molecule has 0 amide bonds. The van der Waals surface area contributed by atoms with Crippen molar-refractivity contribution in [2.75, 3.05) is 0 Å².